The quantitative estimate of drug-likeness (QED) is 0.0131. The van der Waals surface area contributed by atoms with Gasteiger partial charge in [0.05, 0.1) is 90.5 Å². The van der Waals surface area contributed by atoms with Crippen molar-refractivity contribution >= 4 is 86.6 Å². The van der Waals surface area contributed by atoms with Crippen molar-refractivity contribution in [3.63, 3.8) is 0 Å². The number of nitro groups is 1. The van der Waals surface area contributed by atoms with Crippen molar-refractivity contribution in [1.29, 1.82) is 0 Å². The minimum absolute atomic E-state index is 0.0198. The average Bonchev–Trinajstić information content (AvgIpc) is 1.62. The zero-order chi connectivity index (χ0) is 102. The van der Waals surface area contributed by atoms with Crippen LogP contribution in [0.25, 0.3) is 56.6 Å². The van der Waals surface area contributed by atoms with Gasteiger partial charge in [-0.2, -0.15) is 0 Å². The maximum atomic E-state index is 12.5. The van der Waals surface area contributed by atoms with Crippen molar-refractivity contribution in [3.8, 4) is 73.9 Å². The van der Waals surface area contributed by atoms with Crippen LogP contribution in [0, 0.1) is 50.7 Å². The predicted molar refractivity (Wildman–Crippen MR) is 538 cm³/mol. The number of nitrogens with zero attached hydrogens (tertiary/aromatic N) is 10. The topological polar surface area (TPSA) is 401 Å². The van der Waals surface area contributed by atoms with E-state index in [0.29, 0.717) is 69.6 Å². The summed E-state index contributed by atoms with van der Waals surface area (Å²) in [7, 11) is 6.81. The number of esters is 1. The molecule has 5 aromatic heterocycles. The monoisotopic (exact) mass is 2090 g/mol. The number of aromatic hydroxyl groups is 1. The summed E-state index contributed by atoms with van der Waals surface area (Å²) in [6.45, 7) is 21.4. The van der Waals surface area contributed by atoms with Crippen LogP contribution in [0.1, 0.15) is 226 Å². The Labute approximate surface area is 849 Å². The number of halogens is 2. The minimum atomic E-state index is -0.939. The molecule has 2 atom stereocenters. The third-order valence-electron chi connectivity index (χ3n) is 27.3. The van der Waals surface area contributed by atoms with Crippen LogP contribution in [-0.2, 0) is 75.6 Å². The number of non-ortho nitro benzene ring substituents is 1. The molecule has 1 saturated heterocycles. The van der Waals surface area contributed by atoms with E-state index in [0.717, 1.165) is 172 Å². The summed E-state index contributed by atoms with van der Waals surface area (Å²) in [6.07, 6.45) is 18.7. The zero-order valence-corrected chi connectivity index (χ0v) is 86.9. The van der Waals surface area contributed by atoms with E-state index in [4.69, 9.17) is 69.8 Å². The van der Waals surface area contributed by atoms with Gasteiger partial charge >= 0.3 is 43.6 Å². The lowest BCUT2D eigenvalue weighted by atomic mass is 9.78. The van der Waals surface area contributed by atoms with E-state index in [2.05, 4.69) is 57.6 Å². The van der Waals surface area contributed by atoms with Gasteiger partial charge in [-0.15, -0.1) is 0 Å². The highest BCUT2D eigenvalue weighted by molar-refractivity contribution is 9.10. The van der Waals surface area contributed by atoms with Gasteiger partial charge in [0, 0.05) is 101 Å². The standard InChI is InChI=1S/C28H38N2O6.C24H33BN2O5.C18H13BrN2O6.C18H21BrN2O3.C18H22N2O4/c1-18(2)34-27(31)21-8-7-11-24(16-21)35-23-14-12-20(13-15-23)26-25(19(3)29-36-26)17-33-28(32)30(4)22-9-5-6-10-22;1-16-20(15-29-22(28)27(6)19-9-7-8-10-19)21(30-26-16)17-11-13-18(14-12-17)25-31-23(2,3)24(4,5)32-25;1-11-16(17(27-20-11)12-2-4-13(19)5-3-12)10-25-18(22)26-15-8-6-14(7-9-15)21(23)24;1-12-16(11-23-18(22)21(2)15-5-3-4-6-15)17(24-20-12)13-7-9-14(19)10-8-13;1-12-16(11-23-18(22)20(2)14-5-3-4-6-14)17(24-19-12)13-7-9-15(21)10-8-13/h12-15,18,21-22,24H,5-11,16-17H2,1-4H3;11-14,19H,7-10,15H2,1-6H3;2-9H,10H2,1H3;7-10,15H,3-6,11H2,1-2H3;7-10,14,21H,3-6,11H2,1-2H3/t21-,24-;;;;/m0..../s1. The van der Waals surface area contributed by atoms with Crippen LogP contribution in [0.5, 0.6) is 17.2 Å². The lowest BCUT2D eigenvalue weighted by Crippen LogP contribution is -2.41. The van der Waals surface area contributed by atoms with Crippen molar-refractivity contribution in [1.82, 2.24) is 45.4 Å². The molecule has 143 heavy (non-hydrogen) atoms. The normalized spacial score (nSPS) is 16.5. The summed E-state index contributed by atoms with van der Waals surface area (Å²) >= 11 is 6.78. The van der Waals surface area contributed by atoms with Gasteiger partial charge in [-0.05, 0) is 244 Å². The first kappa shape index (κ1) is 107. The van der Waals surface area contributed by atoms with E-state index >= 15 is 0 Å². The van der Waals surface area contributed by atoms with Gasteiger partial charge in [0.25, 0.3) is 5.69 Å². The van der Waals surface area contributed by atoms with Crippen LogP contribution in [-0.4, -0.2) is 175 Å². The van der Waals surface area contributed by atoms with E-state index < -0.39 is 18.2 Å². The van der Waals surface area contributed by atoms with Gasteiger partial charge in [0.1, 0.15) is 50.3 Å². The molecule has 5 saturated carbocycles. The lowest BCUT2D eigenvalue weighted by Gasteiger charge is -2.32. The SMILES string of the molecule is Cc1noc(-c2ccc(B3OC(C)(C)C(C)(C)O3)cc2)c1COC(=O)N(C)C1CCCC1.Cc1noc(-c2ccc(Br)cc2)c1COC(=O)N(C)C1CCCC1.Cc1noc(-c2ccc(Br)cc2)c1COC(=O)Oc1ccc([N+](=O)[O-])cc1.Cc1noc(-c2ccc(O)cc2)c1COC(=O)N(C)C1CCCC1.Cc1noc(-c2ccc(O[C@H]3CCC[C@H](C(=O)OC(C)C)C3)cc2)c1COC(=O)N(C)C1CCCC1. The Morgan fingerprint density at radius 1 is 0.420 bits per heavy atom. The highest BCUT2D eigenvalue weighted by Gasteiger charge is 2.52. The molecule has 6 aromatic carbocycles. The molecule has 34 nitrogen and oxygen atoms in total. The van der Waals surface area contributed by atoms with Gasteiger partial charge in [-0.25, -0.2) is 24.0 Å². The number of benzene rings is 6. The molecule has 0 bridgehead atoms. The van der Waals surface area contributed by atoms with Crippen molar-refractivity contribution < 1.29 is 109 Å². The van der Waals surface area contributed by atoms with Gasteiger partial charge < -0.3 is 94.5 Å². The molecule has 762 valence electrons. The Hall–Kier alpha value is -12.9. The Kier molecular flexibility index (Phi) is 37.5. The van der Waals surface area contributed by atoms with E-state index in [1.54, 1.807) is 64.9 Å². The Morgan fingerprint density at radius 3 is 1.03 bits per heavy atom. The summed E-state index contributed by atoms with van der Waals surface area (Å²) in [6, 6.07) is 43.5. The molecule has 0 radical (unpaired) electrons. The highest BCUT2D eigenvalue weighted by atomic mass is 79.9. The molecular formula is C106H127BBr2N10O24. The Bertz CT molecular complexity index is 5920. The molecule has 1 aliphatic heterocycles. The Balaban J connectivity index is 0.000000151. The number of rotatable bonds is 26. The summed E-state index contributed by atoms with van der Waals surface area (Å²) in [5, 5.41) is 40.1. The minimum Gasteiger partial charge on any atom is -0.508 e. The van der Waals surface area contributed by atoms with Gasteiger partial charge in [0.2, 0.25) is 0 Å². The molecule has 37 heteroatoms. The third kappa shape index (κ3) is 28.6. The second-order valence-corrected chi connectivity index (χ2v) is 39.9. The van der Waals surface area contributed by atoms with E-state index in [1.165, 1.54) is 49.9 Å². The number of hydrogen-bond donors (Lipinski definition) is 1. The molecular weight excluding hydrogens is 1970 g/mol. The van der Waals surface area contributed by atoms with E-state index in [1.807, 2.05) is 180 Å². The predicted octanol–water partition coefficient (Wildman–Crippen LogP) is 24.3. The first-order valence-electron chi connectivity index (χ1n) is 48.6. The fourth-order valence-electron chi connectivity index (χ4n) is 17.8. The summed E-state index contributed by atoms with van der Waals surface area (Å²) in [5.41, 5.74) is 11.4. The fraction of sp³-hybridized carbons (Fsp3) is 0.462. The first-order chi connectivity index (χ1) is 68.5. The van der Waals surface area contributed by atoms with Crippen LogP contribution in [0.3, 0.4) is 0 Å². The molecule has 5 aliphatic carbocycles. The van der Waals surface area contributed by atoms with Gasteiger partial charge in [-0.3, -0.25) is 14.9 Å². The van der Waals surface area contributed by atoms with Crippen molar-refractivity contribution in [2.45, 2.75) is 285 Å². The number of phenols is 1. The number of phenolic OH excluding ortho intramolecular Hbond substituents is 1. The van der Waals surface area contributed by atoms with Gasteiger partial charge in [-0.1, -0.05) is 158 Å². The van der Waals surface area contributed by atoms with Crippen molar-refractivity contribution in [3.05, 3.63) is 221 Å². The molecule has 1 N–H and O–H groups in total. The number of nitro benzene ring substituents is 1. The van der Waals surface area contributed by atoms with Crippen molar-refractivity contribution in [2.24, 2.45) is 5.92 Å². The molecule has 4 amide bonds. The molecule has 6 heterocycles. The molecule has 6 aliphatic rings. The van der Waals surface area contributed by atoms with Crippen LogP contribution in [0.15, 0.2) is 177 Å². The summed E-state index contributed by atoms with van der Waals surface area (Å²) in [5.74, 6) is 3.73. The third-order valence-corrected chi connectivity index (χ3v) is 28.3. The summed E-state index contributed by atoms with van der Waals surface area (Å²) in [4.78, 5) is 90.7. The van der Waals surface area contributed by atoms with Crippen LogP contribution >= 0.6 is 31.9 Å². The smallest absolute Gasteiger partial charge is 0.508 e. The number of hydrogen-bond acceptors (Lipinski definition) is 29. The molecule has 6 fully saturated rings. The number of carbonyl (C=O) groups is 6. The first-order valence-corrected chi connectivity index (χ1v) is 50.2. The fourth-order valence-corrected chi connectivity index (χ4v) is 18.3. The molecule has 0 spiro atoms. The lowest BCUT2D eigenvalue weighted by molar-refractivity contribution is -0.384. The second kappa shape index (κ2) is 49.9. The maximum Gasteiger partial charge on any atom is 0.514 e. The second-order valence-electron chi connectivity index (χ2n) is 38.1. The molecule has 17 rings (SSSR count). The summed E-state index contributed by atoms with van der Waals surface area (Å²) < 4.78 is 85.4. The van der Waals surface area contributed by atoms with Gasteiger partial charge in [0.15, 0.2) is 28.8 Å². The number of carbonyl (C=O) groups excluding carboxylic acids is 6. The van der Waals surface area contributed by atoms with Crippen LogP contribution in [0.4, 0.5) is 29.7 Å². The number of aromatic nitrogens is 5. The average molecular weight is 2100 g/mol. The van der Waals surface area contributed by atoms with E-state index in [-0.39, 0.29) is 128 Å². The maximum absolute atomic E-state index is 12.5. The highest BCUT2D eigenvalue weighted by Crippen LogP contribution is 2.41. The largest absolute Gasteiger partial charge is 0.514 e. The van der Waals surface area contributed by atoms with Crippen molar-refractivity contribution in [2.75, 3.05) is 28.2 Å². The number of ether oxygens (including phenoxy) is 8. The number of aryl methyl sites for hydroxylation is 5. The number of amides is 4. The van der Waals surface area contributed by atoms with Crippen LogP contribution < -0.4 is 14.9 Å². The Morgan fingerprint density at radius 2 is 0.713 bits per heavy atom. The zero-order valence-electron chi connectivity index (χ0n) is 83.7. The molecule has 11 aromatic rings. The molecule has 0 unspecified atom stereocenters. The van der Waals surface area contributed by atoms with Crippen LogP contribution in [0.2, 0.25) is 0 Å². The van der Waals surface area contributed by atoms with E-state index in [9.17, 15) is 44.0 Å².